The third kappa shape index (κ3) is 1.73. The molecule has 4 bridgehead atoms. The largest absolute Gasteiger partial charge is 0.398 e. The van der Waals surface area contributed by atoms with Crippen molar-refractivity contribution in [3.05, 3.63) is 29.3 Å². The molecular formula is C18H23NO. The van der Waals surface area contributed by atoms with Crippen LogP contribution in [-0.2, 0) is 5.41 Å². The van der Waals surface area contributed by atoms with Crippen molar-refractivity contribution in [3.8, 4) is 0 Å². The van der Waals surface area contributed by atoms with E-state index in [4.69, 9.17) is 5.73 Å². The maximum absolute atomic E-state index is 11.5. The Hall–Kier alpha value is -1.31. The van der Waals surface area contributed by atoms with Gasteiger partial charge < -0.3 is 5.73 Å². The zero-order valence-corrected chi connectivity index (χ0v) is 12.2. The fourth-order valence-corrected chi connectivity index (χ4v) is 5.71. The van der Waals surface area contributed by atoms with Crippen molar-refractivity contribution in [1.82, 2.24) is 0 Å². The van der Waals surface area contributed by atoms with Gasteiger partial charge in [-0.05, 0) is 80.2 Å². The molecular weight excluding hydrogens is 246 g/mol. The lowest BCUT2D eigenvalue weighted by molar-refractivity contribution is -0.00484. The number of carbonyl (C=O) groups excluding carboxylic acids is 1. The third-order valence-corrected chi connectivity index (χ3v) is 6.07. The lowest BCUT2D eigenvalue weighted by atomic mass is 9.48. The maximum atomic E-state index is 11.5. The van der Waals surface area contributed by atoms with Crippen LogP contribution in [0.25, 0.3) is 0 Å². The summed E-state index contributed by atoms with van der Waals surface area (Å²) < 4.78 is 0. The van der Waals surface area contributed by atoms with Gasteiger partial charge in [0.15, 0.2) is 5.78 Å². The molecule has 106 valence electrons. The van der Waals surface area contributed by atoms with Crippen LogP contribution in [0.2, 0.25) is 0 Å². The highest BCUT2D eigenvalue weighted by Crippen LogP contribution is 2.61. The van der Waals surface area contributed by atoms with Gasteiger partial charge in [-0.2, -0.15) is 0 Å². The number of nitrogen functional groups attached to an aromatic ring is 1. The normalized spacial score (nSPS) is 38.1. The maximum Gasteiger partial charge on any atom is 0.159 e. The van der Waals surface area contributed by atoms with E-state index in [1.807, 2.05) is 12.1 Å². The number of anilines is 1. The van der Waals surface area contributed by atoms with Crippen LogP contribution in [0.3, 0.4) is 0 Å². The van der Waals surface area contributed by atoms with E-state index in [0.29, 0.717) is 5.41 Å². The number of hydrogen-bond donors (Lipinski definition) is 1. The molecule has 4 aliphatic carbocycles. The van der Waals surface area contributed by atoms with Crippen molar-refractivity contribution < 1.29 is 4.79 Å². The fraction of sp³-hybridized carbons (Fsp3) is 0.611. The second kappa shape index (κ2) is 4.09. The van der Waals surface area contributed by atoms with Gasteiger partial charge in [0.25, 0.3) is 0 Å². The summed E-state index contributed by atoms with van der Waals surface area (Å²) in [5.41, 5.74) is 9.58. The Morgan fingerprint density at radius 2 is 1.65 bits per heavy atom. The van der Waals surface area contributed by atoms with Crippen molar-refractivity contribution in [3.63, 3.8) is 0 Å². The summed E-state index contributed by atoms with van der Waals surface area (Å²) in [7, 11) is 0. The molecule has 0 unspecified atom stereocenters. The van der Waals surface area contributed by atoms with E-state index in [2.05, 4.69) is 6.07 Å². The number of Topliss-reactive ketones (excluding diaryl/α,β-unsaturated/α-hetero) is 1. The van der Waals surface area contributed by atoms with Gasteiger partial charge in [0.2, 0.25) is 0 Å². The van der Waals surface area contributed by atoms with Gasteiger partial charge in [-0.1, -0.05) is 12.1 Å². The Kier molecular flexibility index (Phi) is 2.55. The monoisotopic (exact) mass is 269 g/mol. The summed E-state index contributed by atoms with van der Waals surface area (Å²) in [5, 5.41) is 0. The molecule has 20 heavy (non-hydrogen) atoms. The molecule has 4 fully saturated rings. The molecule has 2 N–H and O–H groups in total. The molecule has 2 nitrogen and oxygen atoms in total. The first-order chi connectivity index (χ1) is 9.56. The molecule has 4 aliphatic rings. The molecule has 1 aromatic rings. The lowest BCUT2D eigenvalue weighted by Crippen LogP contribution is -2.48. The Morgan fingerprint density at radius 3 is 2.10 bits per heavy atom. The predicted octanol–water partition coefficient (Wildman–Crippen LogP) is 3.94. The number of nitrogens with two attached hydrogens (primary N) is 1. The second-order valence-corrected chi connectivity index (χ2v) is 7.56. The SMILES string of the molecule is CC(=O)c1ccc(C23CC4CC(CC(C4)C2)C3)c(N)c1. The van der Waals surface area contributed by atoms with Crippen molar-refractivity contribution in [2.24, 2.45) is 17.8 Å². The Balaban J connectivity index is 1.75. The highest BCUT2D eigenvalue weighted by Gasteiger charge is 2.52. The van der Waals surface area contributed by atoms with E-state index in [1.54, 1.807) is 6.92 Å². The molecule has 1 aromatic carbocycles. The molecule has 2 heteroatoms. The van der Waals surface area contributed by atoms with Crippen LogP contribution in [0.15, 0.2) is 18.2 Å². The zero-order chi connectivity index (χ0) is 13.9. The van der Waals surface area contributed by atoms with Crippen LogP contribution in [-0.4, -0.2) is 5.78 Å². The van der Waals surface area contributed by atoms with Crippen molar-refractivity contribution in [2.45, 2.75) is 50.9 Å². The smallest absolute Gasteiger partial charge is 0.159 e. The van der Waals surface area contributed by atoms with Crippen LogP contribution < -0.4 is 5.73 Å². The number of ketones is 1. The van der Waals surface area contributed by atoms with E-state index in [9.17, 15) is 4.79 Å². The first-order valence-electron chi connectivity index (χ1n) is 7.97. The van der Waals surface area contributed by atoms with Crippen molar-refractivity contribution in [1.29, 1.82) is 0 Å². The molecule has 0 aliphatic heterocycles. The van der Waals surface area contributed by atoms with Crippen molar-refractivity contribution >= 4 is 11.5 Å². The minimum absolute atomic E-state index is 0.105. The third-order valence-electron chi connectivity index (χ3n) is 6.07. The highest BCUT2D eigenvalue weighted by molar-refractivity contribution is 5.95. The molecule has 0 radical (unpaired) electrons. The summed E-state index contributed by atoms with van der Waals surface area (Å²) in [5.74, 6) is 2.88. The average Bonchev–Trinajstić information content (AvgIpc) is 2.36. The van der Waals surface area contributed by atoms with Crippen LogP contribution in [0.1, 0.15) is 61.4 Å². The molecule has 0 heterocycles. The average molecular weight is 269 g/mol. The molecule has 0 amide bonds. The van der Waals surface area contributed by atoms with Gasteiger partial charge in [0.05, 0.1) is 0 Å². The predicted molar refractivity (Wildman–Crippen MR) is 80.7 cm³/mol. The first-order valence-corrected chi connectivity index (χ1v) is 7.97. The van der Waals surface area contributed by atoms with E-state index >= 15 is 0 Å². The Morgan fingerprint density at radius 1 is 1.10 bits per heavy atom. The zero-order valence-electron chi connectivity index (χ0n) is 12.2. The summed E-state index contributed by atoms with van der Waals surface area (Å²) in [4.78, 5) is 11.5. The van der Waals surface area contributed by atoms with Gasteiger partial charge in [-0.3, -0.25) is 4.79 Å². The summed E-state index contributed by atoms with van der Waals surface area (Å²) in [6.07, 6.45) is 8.31. The van der Waals surface area contributed by atoms with Crippen LogP contribution in [0, 0.1) is 17.8 Å². The second-order valence-electron chi connectivity index (χ2n) is 7.56. The minimum Gasteiger partial charge on any atom is -0.398 e. The number of hydrogen-bond acceptors (Lipinski definition) is 2. The van der Waals surface area contributed by atoms with E-state index < -0.39 is 0 Å². The summed E-state index contributed by atoms with van der Waals surface area (Å²) >= 11 is 0. The first kappa shape index (κ1) is 12.4. The molecule has 0 saturated heterocycles. The van der Waals surface area contributed by atoms with Gasteiger partial charge >= 0.3 is 0 Å². The Bertz CT molecular complexity index is 539. The van der Waals surface area contributed by atoms with Gasteiger partial charge in [0, 0.05) is 11.3 Å². The quantitative estimate of drug-likeness (QED) is 0.652. The topological polar surface area (TPSA) is 43.1 Å². The number of benzene rings is 1. The summed E-state index contributed by atoms with van der Waals surface area (Å²) in [6.45, 7) is 1.61. The van der Waals surface area contributed by atoms with E-state index in [-0.39, 0.29) is 5.78 Å². The van der Waals surface area contributed by atoms with Crippen LogP contribution in [0.4, 0.5) is 5.69 Å². The van der Waals surface area contributed by atoms with E-state index in [0.717, 1.165) is 29.0 Å². The van der Waals surface area contributed by atoms with Gasteiger partial charge in [-0.25, -0.2) is 0 Å². The highest BCUT2D eigenvalue weighted by atomic mass is 16.1. The molecule has 0 spiro atoms. The lowest BCUT2D eigenvalue weighted by Gasteiger charge is -2.57. The van der Waals surface area contributed by atoms with Crippen LogP contribution in [0.5, 0.6) is 0 Å². The number of carbonyl (C=O) groups is 1. The van der Waals surface area contributed by atoms with Crippen LogP contribution >= 0.6 is 0 Å². The van der Waals surface area contributed by atoms with E-state index in [1.165, 1.54) is 44.1 Å². The van der Waals surface area contributed by atoms with Gasteiger partial charge in [0.1, 0.15) is 0 Å². The standard InChI is InChI=1S/C18H23NO/c1-11(20)15-2-3-16(17(19)7-15)18-8-12-4-13(9-18)6-14(5-12)10-18/h2-3,7,12-14H,4-6,8-10,19H2,1H3. The molecule has 0 atom stereocenters. The summed E-state index contributed by atoms with van der Waals surface area (Å²) in [6, 6.07) is 6.03. The fourth-order valence-electron chi connectivity index (χ4n) is 5.71. The molecule has 0 aromatic heterocycles. The number of rotatable bonds is 2. The van der Waals surface area contributed by atoms with Crippen molar-refractivity contribution in [2.75, 3.05) is 5.73 Å². The molecule has 4 saturated carbocycles. The molecule has 5 rings (SSSR count). The Labute approximate surface area is 120 Å². The van der Waals surface area contributed by atoms with Gasteiger partial charge in [-0.15, -0.1) is 0 Å². The minimum atomic E-state index is 0.105.